The normalized spacial score (nSPS) is 10.3. The van der Waals surface area contributed by atoms with Gasteiger partial charge in [0.1, 0.15) is 35.3 Å². The smallest absolute Gasteiger partial charge is 0.296 e. The van der Waals surface area contributed by atoms with Gasteiger partial charge in [-0.15, -0.1) is 0 Å². The minimum absolute atomic E-state index is 0.00319. The molecule has 0 aliphatic heterocycles. The topological polar surface area (TPSA) is 113 Å². The van der Waals surface area contributed by atoms with E-state index in [1.807, 2.05) is 0 Å². The van der Waals surface area contributed by atoms with Crippen LogP contribution in [0.2, 0.25) is 0 Å². The minimum atomic E-state index is -0.617. The van der Waals surface area contributed by atoms with E-state index in [4.69, 9.17) is 18.6 Å². The Morgan fingerprint density at radius 2 is 1.66 bits per heavy atom. The van der Waals surface area contributed by atoms with Crippen molar-refractivity contribution in [3.05, 3.63) is 76.2 Å². The van der Waals surface area contributed by atoms with Crippen LogP contribution in [0.25, 0.3) is 0 Å². The molecule has 1 N–H and O–H groups in total. The molecule has 9 heteroatoms. The van der Waals surface area contributed by atoms with Gasteiger partial charge in [-0.3, -0.25) is 14.9 Å². The molecule has 1 amide bonds. The van der Waals surface area contributed by atoms with Crippen LogP contribution in [0.15, 0.2) is 59.0 Å². The third-order valence-corrected chi connectivity index (χ3v) is 3.98. The number of nitro benzene ring substituents is 1. The fourth-order valence-corrected chi connectivity index (χ4v) is 2.48. The largest absolute Gasteiger partial charge is 0.497 e. The highest BCUT2D eigenvalue weighted by atomic mass is 16.6. The van der Waals surface area contributed by atoms with Crippen molar-refractivity contribution < 1.29 is 28.3 Å². The monoisotopic (exact) mass is 398 g/mol. The van der Waals surface area contributed by atoms with E-state index in [0.717, 1.165) is 0 Å². The van der Waals surface area contributed by atoms with Crippen molar-refractivity contribution in [1.82, 2.24) is 0 Å². The number of nitrogens with one attached hydrogen (secondary N) is 1. The molecule has 1 heterocycles. The van der Waals surface area contributed by atoms with Gasteiger partial charge in [0.05, 0.1) is 25.2 Å². The number of ether oxygens (including phenoxy) is 3. The van der Waals surface area contributed by atoms with Gasteiger partial charge in [-0.05, 0) is 48.5 Å². The lowest BCUT2D eigenvalue weighted by molar-refractivity contribution is -0.384. The molecule has 0 aliphatic rings. The highest BCUT2D eigenvalue weighted by molar-refractivity contribution is 6.03. The average molecular weight is 398 g/mol. The molecule has 1 aromatic heterocycles. The van der Waals surface area contributed by atoms with Crippen molar-refractivity contribution in [3.63, 3.8) is 0 Å². The van der Waals surface area contributed by atoms with Crippen LogP contribution in [0.4, 0.5) is 11.4 Å². The first kappa shape index (κ1) is 19.7. The predicted octanol–water partition coefficient (Wildman–Crippen LogP) is 4.04. The summed E-state index contributed by atoms with van der Waals surface area (Å²) in [6.45, 7) is 0.113. The zero-order valence-corrected chi connectivity index (χ0v) is 15.7. The van der Waals surface area contributed by atoms with Crippen LogP contribution in [0.5, 0.6) is 17.2 Å². The van der Waals surface area contributed by atoms with Crippen LogP contribution in [0, 0.1) is 10.1 Å². The maximum Gasteiger partial charge on any atom is 0.296 e. The van der Waals surface area contributed by atoms with E-state index in [1.165, 1.54) is 31.4 Å². The first-order valence-corrected chi connectivity index (χ1v) is 8.49. The summed E-state index contributed by atoms with van der Waals surface area (Å²) in [5, 5.41) is 13.7. The number of hydrogen-bond donors (Lipinski definition) is 1. The van der Waals surface area contributed by atoms with Crippen molar-refractivity contribution in [2.24, 2.45) is 0 Å². The SMILES string of the molecule is COc1ccc(OCc2ccc(C(=O)Nc3ccc(OC)cc3[N+](=O)[O-])o2)cc1. The van der Waals surface area contributed by atoms with Crippen molar-refractivity contribution in [3.8, 4) is 17.2 Å². The molecule has 0 radical (unpaired) electrons. The number of carbonyl (C=O) groups is 1. The van der Waals surface area contributed by atoms with Gasteiger partial charge < -0.3 is 23.9 Å². The lowest BCUT2D eigenvalue weighted by Crippen LogP contribution is -2.12. The van der Waals surface area contributed by atoms with E-state index >= 15 is 0 Å². The third-order valence-electron chi connectivity index (χ3n) is 3.98. The molecule has 3 rings (SSSR count). The van der Waals surface area contributed by atoms with E-state index in [1.54, 1.807) is 37.4 Å². The van der Waals surface area contributed by atoms with Crippen molar-refractivity contribution >= 4 is 17.3 Å². The lowest BCUT2D eigenvalue weighted by Gasteiger charge is -2.07. The van der Waals surface area contributed by atoms with Crippen LogP contribution in [-0.4, -0.2) is 25.1 Å². The molecule has 0 atom stereocenters. The Hall–Kier alpha value is -4.01. The van der Waals surface area contributed by atoms with E-state index in [0.29, 0.717) is 23.0 Å². The number of anilines is 1. The molecule has 0 unspecified atom stereocenters. The first-order chi connectivity index (χ1) is 14.0. The van der Waals surface area contributed by atoms with Crippen LogP contribution < -0.4 is 19.5 Å². The number of benzene rings is 2. The van der Waals surface area contributed by atoms with E-state index < -0.39 is 10.8 Å². The predicted molar refractivity (Wildman–Crippen MR) is 104 cm³/mol. The molecule has 29 heavy (non-hydrogen) atoms. The molecular formula is C20H18N2O7. The standard InChI is InChI=1S/C20H18N2O7/c1-26-13-3-5-14(6-4-13)28-12-16-8-10-19(29-16)20(23)21-17-9-7-15(27-2)11-18(17)22(24)25/h3-11H,12H2,1-2H3,(H,21,23). The summed E-state index contributed by atoms with van der Waals surface area (Å²) in [7, 11) is 2.97. The summed E-state index contributed by atoms with van der Waals surface area (Å²) < 4.78 is 21.1. The van der Waals surface area contributed by atoms with Gasteiger partial charge in [0.25, 0.3) is 11.6 Å². The Bertz CT molecular complexity index is 1010. The number of nitro groups is 1. The Kier molecular flexibility index (Phi) is 5.98. The van der Waals surface area contributed by atoms with Crippen LogP contribution in [0.1, 0.15) is 16.3 Å². The van der Waals surface area contributed by atoms with Gasteiger partial charge in [-0.25, -0.2) is 0 Å². The first-order valence-electron chi connectivity index (χ1n) is 8.49. The summed E-state index contributed by atoms with van der Waals surface area (Å²) in [6.07, 6.45) is 0. The molecule has 150 valence electrons. The average Bonchev–Trinajstić information content (AvgIpc) is 3.22. The Morgan fingerprint density at radius 3 is 2.31 bits per heavy atom. The molecule has 0 saturated carbocycles. The Balaban J connectivity index is 1.65. The number of furan rings is 1. The van der Waals surface area contributed by atoms with Crippen molar-refractivity contribution in [1.29, 1.82) is 0 Å². The fourth-order valence-electron chi connectivity index (χ4n) is 2.48. The van der Waals surface area contributed by atoms with E-state index in [-0.39, 0.29) is 23.7 Å². The second-order valence-corrected chi connectivity index (χ2v) is 5.82. The minimum Gasteiger partial charge on any atom is -0.497 e. The van der Waals surface area contributed by atoms with Gasteiger partial charge in [0, 0.05) is 0 Å². The van der Waals surface area contributed by atoms with Crippen LogP contribution in [-0.2, 0) is 6.61 Å². The summed E-state index contributed by atoms with van der Waals surface area (Å²) >= 11 is 0. The van der Waals surface area contributed by atoms with Crippen LogP contribution >= 0.6 is 0 Å². The van der Waals surface area contributed by atoms with Gasteiger partial charge in [-0.2, -0.15) is 0 Å². The molecule has 0 saturated heterocycles. The Labute approximate surface area is 166 Å². The third kappa shape index (κ3) is 4.83. The summed E-state index contributed by atoms with van der Waals surface area (Å²) in [6, 6.07) is 14.2. The van der Waals surface area contributed by atoms with Crippen LogP contribution in [0.3, 0.4) is 0 Å². The molecule has 0 fully saturated rings. The number of hydrogen-bond acceptors (Lipinski definition) is 7. The maximum absolute atomic E-state index is 12.4. The number of nitrogens with zero attached hydrogens (tertiary/aromatic N) is 1. The molecular weight excluding hydrogens is 380 g/mol. The summed E-state index contributed by atoms with van der Waals surface area (Å²) in [4.78, 5) is 23.0. The number of carbonyl (C=O) groups excluding carboxylic acids is 1. The Morgan fingerprint density at radius 1 is 1.00 bits per heavy atom. The molecule has 0 spiro atoms. The zero-order chi connectivity index (χ0) is 20.8. The molecule has 3 aromatic rings. The number of rotatable bonds is 8. The van der Waals surface area contributed by atoms with E-state index in [9.17, 15) is 14.9 Å². The van der Waals surface area contributed by atoms with E-state index in [2.05, 4.69) is 5.32 Å². The van der Waals surface area contributed by atoms with Crippen molar-refractivity contribution in [2.75, 3.05) is 19.5 Å². The van der Waals surface area contributed by atoms with Gasteiger partial charge in [-0.1, -0.05) is 0 Å². The second-order valence-electron chi connectivity index (χ2n) is 5.82. The second kappa shape index (κ2) is 8.79. The maximum atomic E-state index is 12.4. The molecule has 0 bridgehead atoms. The zero-order valence-electron chi connectivity index (χ0n) is 15.7. The summed E-state index contributed by atoms with van der Waals surface area (Å²) in [5.41, 5.74) is -0.249. The molecule has 2 aromatic carbocycles. The molecule has 9 nitrogen and oxygen atoms in total. The molecule has 0 aliphatic carbocycles. The number of amides is 1. The van der Waals surface area contributed by atoms with Gasteiger partial charge in [0.15, 0.2) is 5.76 Å². The van der Waals surface area contributed by atoms with Crippen molar-refractivity contribution in [2.45, 2.75) is 6.61 Å². The highest BCUT2D eigenvalue weighted by Crippen LogP contribution is 2.29. The highest BCUT2D eigenvalue weighted by Gasteiger charge is 2.19. The lowest BCUT2D eigenvalue weighted by atomic mass is 10.2. The van der Waals surface area contributed by atoms with Gasteiger partial charge in [0.2, 0.25) is 0 Å². The fraction of sp³-hybridized carbons (Fsp3) is 0.150. The van der Waals surface area contributed by atoms with Gasteiger partial charge >= 0.3 is 0 Å². The quantitative estimate of drug-likeness (QED) is 0.450. The summed E-state index contributed by atoms with van der Waals surface area (Å²) in [5.74, 6) is 1.45. The number of methoxy groups -OCH3 is 2.